The van der Waals surface area contributed by atoms with E-state index in [1.807, 2.05) is 0 Å². The average Bonchev–Trinajstić information content (AvgIpc) is 2.66. The Bertz CT molecular complexity index is 411. The molecule has 2 heterocycles. The van der Waals surface area contributed by atoms with E-state index >= 15 is 0 Å². The third-order valence-corrected chi connectivity index (χ3v) is 5.93. The Kier molecular flexibility index (Phi) is 12.9. The molecule has 0 aromatic rings. The summed E-state index contributed by atoms with van der Waals surface area (Å²) in [6.45, 7) is 16.5. The fourth-order valence-corrected chi connectivity index (χ4v) is 4.08. The molecule has 2 aliphatic rings. The summed E-state index contributed by atoms with van der Waals surface area (Å²) >= 11 is 0. The van der Waals surface area contributed by atoms with Crippen molar-refractivity contribution in [2.24, 2.45) is 4.99 Å². The van der Waals surface area contributed by atoms with Crippen LogP contribution in [0.1, 0.15) is 46.5 Å². The number of hydrogen-bond donors (Lipinski definition) is 2. The van der Waals surface area contributed by atoms with Crippen molar-refractivity contribution in [2.75, 3.05) is 66.0 Å². The fraction of sp³-hybridized carbons (Fsp3) is 0.950. The van der Waals surface area contributed by atoms with Crippen LogP contribution in [0.5, 0.6) is 0 Å². The van der Waals surface area contributed by atoms with Crippen molar-refractivity contribution < 1.29 is 0 Å². The van der Waals surface area contributed by atoms with Crippen molar-refractivity contribution >= 4 is 29.9 Å². The third kappa shape index (κ3) is 8.83. The molecule has 2 rings (SSSR count). The quantitative estimate of drug-likeness (QED) is 0.308. The Labute approximate surface area is 184 Å². The lowest BCUT2D eigenvalue weighted by Crippen LogP contribution is -2.49. The van der Waals surface area contributed by atoms with Crippen molar-refractivity contribution in [2.45, 2.75) is 58.5 Å². The second-order valence-electron chi connectivity index (χ2n) is 7.93. The summed E-state index contributed by atoms with van der Waals surface area (Å²) < 4.78 is 0. The predicted molar refractivity (Wildman–Crippen MR) is 127 cm³/mol. The molecule has 0 radical (unpaired) electrons. The summed E-state index contributed by atoms with van der Waals surface area (Å²) in [6, 6.07) is 1.29. The van der Waals surface area contributed by atoms with Gasteiger partial charge in [0.1, 0.15) is 0 Å². The fourth-order valence-electron chi connectivity index (χ4n) is 4.08. The van der Waals surface area contributed by atoms with Gasteiger partial charge in [-0.2, -0.15) is 0 Å². The summed E-state index contributed by atoms with van der Waals surface area (Å²) in [4.78, 5) is 12.5. The predicted octanol–water partition coefficient (Wildman–Crippen LogP) is 2.06. The number of piperidine rings is 1. The zero-order chi connectivity index (χ0) is 18.8. The minimum absolute atomic E-state index is 0. The van der Waals surface area contributed by atoms with Gasteiger partial charge in [0.05, 0.1) is 6.54 Å². The Hall–Kier alpha value is -0.120. The number of halogens is 1. The van der Waals surface area contributed by atoms with Gasteiger partial charge in [0.2, 0.25) is 0 Å². The molecule has 2 atom stereocenters. The summed E-state index contributed by atoms with van der Waals surface area (Å²) in [6.07, 6.45) is 5.40. The van der Waals surface area contributed by atoms with E-state index in [4.69, 9.17) is 4.99 Å². The largest absolute Gasteiger partial charge is 0.357 e. The molecule has 2 N–H and O–H groups in total. The number of nitrogens with zero attached hydrogens (tertiary/aromatic N) is 4. The van der Waals surface area contributed by atoms with Crippen LogP contribution in [0.2, 0.25) is 0 Å². The number of aliphatic imine (C=N–C) groups is 1. The van der Waals surface area contributed by atoms with E-state index in [0.29, 0.717) is 6.04 Å². The van der Waals surface area contributed by atoms with Gasteiger partial charge >= 0.3 is 0 Å². The Balaban J connectivity index is 0.00000364. The van der Waals surface area contributed by atoms with Gasteiger partial charge in [-0.3, -0.25) is 14.8 Å². The number of piperazine rings is 1. The molecule has 0 spiro atoms. The van der Waals surface area contributed by atoms with Crippen molar-refractivity contribution in [1.29, 1.82) is 0 Å². The lowest BCUT2D eigenvalue weighted by atomic mass is 10.0. The normalized spacial score (nSPS) is 24.3. The number of hydrogen-bond acceptors (Lipinski definition) is 4. The lowest BCUT2D eigenvalue weighted by molar-refractivity contribution is 0.122. The maximum absolute atomic E-state index is 4.85. The Morgan fingerprint density at radius 2 is 1.81 bits per heavy atom. The smallest absolute Gasteiger partial charge is 0.191 e. The first-order valence-corrected chi connectivity index (χ1v) is 10.8. The third-order valence-electron chi connectivity index (χ3n) is 5.93. The number of likely N-dealkylation sites (tertiary alicyclic amines) is 1. The first-order valence-electron chi connectivity index (χ1n) is 10.8. The van der Waals surface area contributed by atoms with Gasteiger partial charge in [0, 0.05) is 57.9 Å². The molecule has 0 aromatic carbocycles. The highest BCUT2D eigenvalue weighted by atomic mass is 127. The van der Waals surface area contributed by atoms with Crippen LogP contribution in [-0.4, -0.2) is 98.7 Å². The van der Waals surface area contributed by atoms with Crippen molar-refractivity contribution in [3.05, 3.63) is 0 Å². The van der Waals surface area contributed by atoms with Crippen LogP contribution in [0.25, 0.3) is 0 Å². The molecule has 2 aliphatic heterocycles. The van der Waals surface area contributed by atoms with Gasteiger partial charge in [-0.15, -0.1) is 24.0 Å². The molecule has 7 heteroatoms. The minimum atomic E-state index is 0. The highest BCUT2D eigenvalue weighted by molar-refractivity contribution is 14.0. The zero-order valence-corrected chi connectivity index (χ0v) is 20.4. The van der Waals surface area contributed by atoms with E-state index in [1.54, 1.807) is 0 Å². The number of guanidine groups is 1. The minimum Gasteiger partial charge on any atom is -0.357 e. The molecule has 0 saturated carbocycles. The second kappa shape index (κ2) is 14.0. The molecule has 0 bridgehead atoms. The Morgan fingerprint density at radius 1 is 1.07 bits per heavy atom. The standard InChI is InChI=1S/C20H42N6.HI/c1-5-19-9-7-8-11-26(19)12-10-22-20(21-6-2)23-17-18(3)25-15-13-24(4)14-16-25;/h18-19H,5-17H2,1-4H3,(H2,21,22,23);1H. The van der Waals surface area contributed by atoms with Gasteiger partial charge in [-0.1, -0.05) is 13.3 Å². The van der Waals surface area contributed by atoms with Crippen LogP contribution in [0, 0.1) is 0 Å². The number of likely N-dealkylation sites (N-methyl/N-ethyl adjacent to an activating group) is 1. The van der Waals surface area contributed by atoms with E-state index in [-0.39, 0.29) is 24.0 Å². The van der Waals surface area contributed by atoms with Crippen molar-refractivity contribution in [1.82, 2.24) is 25.3 Å². The molecule has 2 unspecified atom stereocenters. The van der Waals surface area contributed by atoms with Gasteiger partial charge in [0.15, 0.2) is 5.96 Å². The van der Waals surface area contributed by atoms with Crippen LogP contribution in [-0.2, 0) is 0 Å². The van der Waals surface area contributed by atoms with Crippen molar-refractivity contribution in [3.63, 3.8) is 0 Å². The maximum atomic E-state index is 4.85. The molecular formula is C20H43IN6. The van der Waals surface area contributed by atoms with Crippen LogP contribution in [0.4, 0.5) is 0 Å². The summed E-state index contributed by atoms with van der Waals surface area (Å²) in [5.74, 6) is 0.971. The molecule has 0 aromatic heterocycles. The molecule has 160 valence electrons. The maximum Gasteiger partial charge on any atom is 0.191 e. The topological polar surface area (TPSA) is 46.1 Å². The van der Waals surface area contributed by atoms with Crippen LogP contribution >= 0.6 is 24.0 Å². The SMILES string of the molecule is CCNC(=NCC(C)N1CCN(C)CC1)NCCN1CCCCC1CC.I. The molecular weight excluding hydrogens is 451 g/mol. The molecule has 2 fully saturated rings. The molecule has 6 nitrogen and oxygen atoms in total. The average molecular weight is 495 g/mol. The van der Waals surface area contributed by atoms with Crippen LogP contribution < -0.4 is 10.6 Å². The van der Waals surface area contributed by atoms with E-state index in [2.05, 4.69) is 53.2 Å². The molecule has 0 amide bonds. The second-order valence-corrected chi connectivity index (χ2v) is 7.93. The highest BCUT2D eigenvalue weighted by Crippen LogP contribution is 2.18. The van der Waals surface area contributed by atoms with Gasteiger partial charge in [0.25, 0.3) is 0 Å². The van der Waals surface area contributed by atoms with Gasteiger partial charge in [-0.05, 0) is 46.7 Å². The van der Waals surface area contributed by atoms with Crippen LogP contribution in [0.3, 0.4) is 0 Å². The molecule has 0 aliphatic carbocycles. The lowest BCUT2D eigenvalue weighted by Gasteiger charge is -2.36. The first-order chi connectivity index (χ1) is 12.6. The first kappa shape index (κ1) is 24.9. The Morgan fingerprint density at radius 3 is 2.48 bits per heavy atom. The summed E-state index contributed by atoms with van der Waals surface area (Å²) in [5.41, 5.74) is 0. The van der Waals surface area contributed by atoms with Gasteiger partial charge in [-0.25, -0.2) is 0 Å². The zero-order valence-electron chi connectivity index (χ0n) is 18.0. The van der Waals surface area contributed by atoms with E-state index in [1.165, 1.54) is 45.3 Å². The van der Waals surface area contributed by atoms with Crippen molar-refractivity contribution in [3.8, 4) is 0 Å². The van der Waals surface area contributed by atoms with E-state index < -0.39 is 0 Å². The highest BCUT2D eigenvalue weighted by Gasteiger charge is 2.20. The molecule has 27 heavy (non-hydrogen) atoms. The van der Waals surface area contributed by atoms with Gasteiger partial charge < -0.3 is 15.5 Å². The monoisotopic (exact) mass is 494 g/mol. The molecule has 2 saturated heterocycles. The summed E-state index contributed by atoms with van der Waals surface area (Å²) in [7, 11) is 2.21. The van der Waals surface area contributed by atoms with E-state index in [9.17, 15) is 0 Å². The summed E-state index contributed by atoms with van der Waals surface area (Å²) in [5, 5.41) is 6.95. The van der Waals surface area contributed by atoms with E-state index in [0.717, 1.165) is 51.3 Å². The number of rotatable bonds is 8. The van der Waals surface area contributed by atoms with Crippen LogP contribution in [0.15, 0.2) is 4.99 Å². The number of nitrogens with one attached hydrogen (secondary N) is 2.